The van der Waals surface area contributed by atoms with Crippen molar-refractivity contribution in [1.29, 1.82) is 0 Å². The second kappa shape index (κ2) is 7.24. The fraction of sp³-hybridized carbons (Fsp3) is 0.278. The van der Waals surface area contributed by atoms with Gasteiger partial charge in [0.1, 0.15) is 0 Å². The molecule has 2 aromatic rings. The summed E-state index contributed by atoms with van der Waals surface area (Å²) in [6.45, 7) is 0.709. The zero-order valence-corrected chi connectivity index (χ0v) is 14.5. The van der Waals surface area contributed by atoms with Gasteiger partial charge in [-0.1, -0.05) is 41.9 Å². The predicted octanol–water partition coefficient (Wildman–Crippen LogP) is 4.45. The minimum absolute atomic E-state index is 0.0378. The summed E-state index contributed by atoms with van der Waals surface area (Å²) in [5, 5.41) is 4.27. The molecule has 1 atom stereocenters. The summed E-state index contributed by atoms with van der Waals surface area (Å²) in [7, 11) is 2.01. The Labute approximate surface area is 146 Å². The van der Waals surface area contributed by atoms with E-state index >= 15 is 0 Å². The number of aliphatic imine (C=N–C) groups is 1. The highest BCUT2D eigenvalue weighted by Gasteiger charge is 2.28. The Hall–Kier alpha value is -1.71. The van der Waals surface area contributed by atoms with Crippen LogP contribution in [0.2, 0.25) is 5.02 Å². The zero-order valence-electron chi connectivity index (χ0n) is 13.0. The number of hydrogen-bond donors (Lipinski definition) is 1. The Morgan fingerprint density at radius 3 is 2.70 bits per heavy atom. The predicted molar refractivity (Wildman–Crippen MR) is 98.9 cm³/mol. The molecule has 0 saturated carbocycles. The number of guanidine groups is 1. The number of nitrogens with zero attached hydrogens (tertiary/aromatic N) is 2. The van der Waals surface area contributed by atoms with Crippen LogP contribution in [0, 0.1) is 0 Å². The molecule has 5 heteroatoms. The molecule has 0 aliphatic carbocycles. The van der Waals surface area contributed by atoms with Crippen molar-refractivity contribution >= 4 is 34.8 Å². The summed E-state index contributed by atoms with van der Waals surface area (Å²) in [5.74, 6) is 1.48. The fourth-order valence-electron chi connectivity index (χ4n) is 2.78. The molecule has 0 radical (unpaired) electrons. The molecule has 0 spiro atoms. The van der Waals surface area contributed by atoms with Crippen molar-refractivity contribution < 1.29 is 0 Å². The van der Waals surface area contributed by atoms with Crippen LogP contribution in [0.5, 0.6) is 0 Å². The van der Waals surface area contributed by atoms with Gasteiger partial charge in [0.2, 0.25) is 0 Å². The van der Waals surface area contributed by atoms with Gasteiger partial charge in [-0.25, -0.2) is 0 Å². The zero-order chi connectivity index (χ0) is 16.2. The lowest BCUT2D eigenvalue weighted by molar-refractivity contribution is 0.721. The standard InChI is InChI=1S/C18H19Cl2N3/c1-23-16-9-8-14(20)12-15(16)17(13-6-3-2-4-7-13)22-18(23)21-11-5-10-19/h2-4,6-9,12,17H,5,10-11H2,1H3,(H,21,22). The lowest BCUT2D eigenvalue weighted by Crippen LogP contribution is -2.46. The van der Waals surface area contributed by atoms with Crippen LogP contribution in [0.4, 0.5) is 5.69 Å². The topological polar surface area (TPSA) is 27.6 Å². The highest BCUT2D eigenvalue weighted by molar-refractivity contribution is 6.30. The van der Waals surface area contributed by atoms with Crippen LogP contribution < -0.4 is 10.2 Å². The number of nitrogens with one attached hydrogen (secondary N) is 1. The molecule has 0 saturated heterocycles. The van der Waals surface area contributed by atoms with Crippen LogP contribution in [0.15, 0.2) is 53.5 Å². The van der Waals surface area contributed by atoms with E-state index in [1.807, 2.05) is 43.4 Å². The second-order valence-electron chi connectivity index (χ2n) is 5.50. The average Bonchev–Trinajstić information content (AvgIpc) is 2.58. The van der Waals surface area contributed by atoms with E-state index in [1.165, 1.54) is 5.56 Å². The fourth-order valence-corrected chi connectivity index (χ4v) is 3.08. The van der Waals surface area contributed by atoms with Crippen LogP contribution in [0.3, 0.4) is 0 Å². The molecule has 1 aliphatic heterocycles. The van der Waals surface area contributed by atoms with Gasteiger partial charge in [-0.3, -0.25) is 4.99 Å². The van der Waals surface area contributed by atoms with Gasteiger partial charge >= 0.3 is 0 Å². The Balaban J connectivity index is 2.03. The Kier molecular flexibility index (Phi) is 5.09. The first-order valence-electron chi connectivity index (χ1n) is 7.66. The van der Waals surface area contributed by atoms with Crippen molar-refractivity contribution in [3.05, 3.63) is 64.7 Å². The van der Waals surface area contributed by atoms with Crippen LogP contribution >= 0.6 is 23.2 Å². The quantitative estimate of drug-likeness (QED) is 0.653. The largest absolute Gasteiger partial charge is 0.345 e. The molecule has 0 fully saturated rings. The van der Waals surface area contributed by atoms with Crippen molar-refractivity contribution in [2.24, 2.45) is 4.99 Å². The summed E-state index contributed by atoms with van der Waals surface area (Å²) in [5.41, 5.74) is 3.46. The first-order chi connectivity index (χ1) is 11.2. The molecule has 1 N–H and O–H groups in total. The van der Waals surface area contributed by atoms with E-state index in [0.29, 0.717) is 12.4 Å². The van der Waals surface area contributed by atoms with Crippen molar-refractivity contribution in [3.63, 3.8) is 0 Å². The molecular formula is C18H19Cl2N3. The van der Waals surface area contributed by atoms with Crippen molar-refractivity contribution in [1.82, 2.24) is 5.32 Å². The summed E-state index contributed by atoms with van der Waals surface area (Å²) < 4.78 is 0. The number of rotatable bonds is 4. The summed E-state index contributed by atoms with van der Waals surface area (Å²) in [6, 6.07) is 16.4. The van der Waals surface area contributed by atoms with Gasteiger partial charge < -0.3 is 10.2 Å². The van der Waals surface area contributed by atoms with Crippen LogP contribution in [0.1, 0.15) is 23.6 Å². The van der Waals surface area contributed by atoms with E-state index in [0.717, 1.165) is 28.7 Å². The number of halogens is 2. The number of hydrogen-bond acceptors (Lipinski definition) is 1. The molecule has 1 aliphatic rings. The summed E-state index contributed by atoms with van der Waals surface area (Å²) in [6.07, 6.45) is 0.865. The summed E-state index contributed by atoms with van der Waals surface area (Å²) >= 11 is 12.0. The van der Waals surface area contributed by atoms with Gasteiger partial charge in [0.25, 0.3) is 0 Å². The van der Waals surface area contributed by atoms with Crippen LogP contribution in [0.25, 0.3) is 0 Å². The maximum Gasteiger partial charge on any atom is 0.199 e. The monoisotopic (exact) mass is 347 g/mol. The molecule has 1 unspecified atom stereocenters. The van der Waals surface area contributed by atoms with Gasteiger partial charge in [0.05, 0.1) is 6.04 Å². The van der Waals surface area contributed by atoms with Gasteiger partial charge in [0.15, 0.2) is 5.96 Å². The maximum absolute atomic E-state index is 6.22. The molecule has 0 bridgehead atoms. The lowest BCUT2D eigenvalue weighted by atomic mass is 9.95. The van der Waals surface area contributed by atoms with Crippen molar-refractivity contribution in [3.8, 4) is 0 Å². The Bertz CT molecular complexity index is 701. The third-order valence-electron chi connectivity index (χ3n) is 3.94. The van der Waals surface area contributed by atoms with E-state index in [-0.39, 0.29) is 6.04 Å². The molecule has 23 heavy (non-hydrogen) atoms. The molecule has 120 valence electrons. The summed E-state index contributed by atoms with van der Waals surface area (Å²) in [4.78, 5) is 6.73. The lowest BCUT2D eigenvalue weighted by Gasteiger charge is -2.36. The van der Waals surface area contributed by atoms with Gasteiger partial charge in [-0.05, 0) is 30.2 Å². The molecule has 3 nitrogen and oxygen atoms in total. The number of benzene rings is 2. The maximum atomic E-state index is 6.22. The van der Waals surface area contributed by atoms with E-state index in [4.69, 9.17) is 23.2 Å². The van der Waals surface area contributed by atoms with E-state index in [2.05, 4.69) is 27.3 Å². The molecule has 3 rings (SSSR count). The Morgan fingerprint density at radius 1 is 1.17 bits per heavy atom. The number of alkyl halides is 1. The third kappa shape index (κ3) is 3.46. The molecule has 1 heterocycles. The molecule has 0 aromatic heterocycles. The Morgan fingerprint density at radius 2 is 1.96 bits per heavy atom. The highest BCUT2D eigenvalue weighted by atomic mass is 35.5. The molecule has 2 aromatic carbocycles. The number of fused-ring (bicyclic) bond motifs is 1. The van der Waals surface area contributed by atoms with E-state index < -0.39 is 0 Å². The van der Waals surface area contributed by atoms with Crippen molar-refractivity contribution in [2.45, 2.75) is 12.5 Å². The highest BCUT2D eigenvalue weighted by Crippen LogP contribution is 2.35. The van der Waals surface area contributed by atoms with Gasteiger partial charge in [-0.15, -0.1) is 11.6 Å². The van der Waals surface area contributed by atoms with Crippen LogP contribution in [-0.2, 0) is 0 Å². The van der Waals surface area contributed by atoms with Gasteiger partial charge in [-0.2, -0.15) is 0 Å². The molecule has 0 amide bonds. The average molecular weight is 348 g/mol. The normalized spacial score (nSPS) is 18.7. The van der Waals surface area contributed by atoms with E-state index in [9.17, 15) is 0 Å². The number of anilines is 1. The second-order valence-corrected chi connectivity index (χ2v) is 6.31. The molecular weight excluding hydrogens is 329 g/mol. The minimum Gasteiger partial charge on any atom is -0.345 e. The third-order valence-corrected chi connectivity index (χ3v) is 4.44. The van der Waals surface area contributed by atoms with Crippen LogP contribution in [-0.4, -0.2) is 25.4 Å². The van der Waals surface area contributed by atoms with E-state index in [1.54, 1.807) is 0 Å². The smallest absolute Gasteiger partial charge is 0.199 e. The first kappa shape index (κ1) is 16.2. The van der Waals surface area contributed by atoms with Gasteiger partial charge in [0, 0.05) is 35.7 Å². The minimum atomic E-state index is 0.0378. The SMILES string of the molecule is CN1C(=NCCCCl)NC(c2ccccc2)c2cc(Cl)ccc21. The first-order valence-corrected chi connectivity index (χ1v) is 8.57. The van der Waals surface area contributed by atoms with Crippen molar-refractivity contribution in [2.75, 3.05) is 24.4 Å².